The van der Waals surface area contributed by atoms with Crippen LogP contribution in [0.15, 0.2) is 30.6 Å². The quantitative estimate of drug-likeness (QED) is 0.908. The van der Waals surface area contributed by atoms with Crippen molar-refractivity contribution in [3.8, 4) is 17.5 Å². The van der Waals surface area contributed by atoms with Crippen LogP contribution in [0, 0.1) is 6.92 Å². The SMILES string of the molecule is COc1ccc(Oc2ncc(C)cn2)c(C(=O)O)c1. The van der Waals surface area contributed by atoms with Gasteiger partial charge in [-0.15, -0.1) is 0 Å². The number of carboxylic acid groups (broad SMARTS) is 1. The number of hydrogen-bond donors (Lipinski definition) is 1. The molecule has 0 bridgehead atoms. The molecule has 1 heterocycles. The predicted molar refractivity (Wildman–Crippen MR) is 66.8 cm³/mol. The van der Waals surface area contributed by atoms with Crippen molar-refractivity contribution < 1.29 is 19.4 Å². The van der Waals surface area contributed by atoms with Gasteiger partial charge in [-0.05, 0) is 30.7 Å². The highest BCUT2D eigenvalue weighted by molar-refractivity contribution is 5.91. The van der Waals surface area contributed by atoms with Gasteiger partial charge in [-0.1, -0.05) is 0 Å². The molecule has 1 N–H and O–H groups in total. The fourth-order valence-electron chi connectivity index (χ4n) is 1.42. The van der Waals surface area contributed by atoms with Gasteiger partial charge >= 0.3 is 12.0 Å². The van der Waals surface area contributed by atoms with E-state index in [9.17, 15) is 4.79 Å². The Morgan fingerprint density at radius 2 is 1.95 bits per heavy atom. The van der Waals surface area contributed by atoms with E-state index in [2.05, 4.69) is 9.97 Å². The Bertz CT molecular complexity index is 596. The lowest BCUT2D eigenvalue weighted by molar-refractivity contribution is 0.0693. The summed E-state index contributed by atoms with van der Waals surface area (Å²) in [6.45, 7) is 1.85. The number of carboxylic acids is 1. The Labute approximate surface area is 109 Å². The first kappa shape index (κ1) is 12.8. The van der Waals surface area contributed by atoms with Crippen LogP contribution in [0.5, 0.6) is 17.5 Å². The number of aromatic carboxylic acids is 1. The molecule has 0 saturated heterocycles. The summed E-state index contributed by atoms with van der Waals surface area (Å²) in [5.41, 5.74) is 0.879. The van der Waals surface area contributed by atoms with E-state index in [0.717, 1.165) is 5.56 Å². The molecule has 6 nitrogen and oxygen atoms in total. The summed E-state index contributed by atoms with van der Waals surface area (Å²) in [6.07, 6.45) is 3.18. The molecule has 0 unspecified atom stereocenters. The number of benzene rings is 1. The summed E-state index contributed by atoms with van der Waals surface area (Å²) in [7, 11) is 1.46. The molecule has 1 aromatic heterocycles. The van der Waals surface area contributed by atoms with E-state index in [1.807, 2.05) is 6.92 Å². The second-order valence-corrected chi connectivity index (χ2v) is 3.81. The van der Waals surface area contributed by atoms with Gasteiger partial charge < -0.3 is 14.6 Å². The van der Waals surface area contributed by atoms with Crippen LogP contribution in [-0.2, 0) is 0 Å². The summed E-state index contributed by atoms with van der Waals surface area (Å²) in [4.78, 5) is 19.1. The molecule has 0 radical (unpaired) electrons. The highest BCUT2D eigenvalue weighted by atomic mass is 16.5. The van der Waals surface area contributed by atoms with Crippen molar-refractivity contribution in [2.75, 3.05) is 7.11 Å². The number of carbonyl (C=O) groups is 1. The Morgan fingerprint density at radius 3 is 2.53 bits per heavy atom. The van der Waals surface area contributed by atoms with Crippen LogP contribution >= 0.6 is 0 Å². The van der Waals surface area contributed by atoms with E-state index in [4.69, 9.17) is 14.6 Å². The second kappa shape index (κ2) is 5.34. The maximum atomic E-state index is 11.2. The van der Waals surface area contributed by atoms with Gasteiger partial charge in [0.05, 0.1) is 7.11 Å². The van der Waals surface area contributed by atoms with E-state index >= 15 is 0 Å². The van der Waals surface area contributed by atoms with Crippen molar-refractivity contribution in [1.29, 1.82) is 0 Å². The molecule has 2 aromatic rings. The lowest BCUT2D eigenvalue weighted by atomic mass is 10.2. The van der Waals surface area contributed by atoms with Crippen molar-refractivity contribution >= 4 is 5.97 Å². The average Bonchev–Trinajstić information content (AvgIpc) is 2.41. The van der Waals surface area contributed by atoms with Crippen LogP contribution in [0.4, 0.5) is 0 Å². The van der Waals surface area contributed by atoms with Gasteiger partial charge in [-0.2, -0.15) is 0 Å². The first-order valence-electron chi connectivity index (χ1n) is 5.48. The van der Waals surface area contributed by atoms with E-state index in [0.29, 0.717) is 5.75 Å². The molecular formula is C13H12N2O4. The molecule has 1 aromatic carbocycles. The minimum Gasteiger partial charge on any atom is -0.497 e. The number of rotatable bonds is 4. The molecular weight excluding hydrogens is 248 g/mol. The lowest BCUT2D eigenvalue weighted by Gasteiger charge is -2.08. The maximum Gasteiger partial charge on any atom is 0.339 e. The monoisotopic (exact) mass is 260 g/mol. The summed E-state index contributed by atoms with van der Waals surface area (Å²) in [6, 6.07) is 4.59. The summed E-state index contributed by atoms with van der Waals surface area (Å²) in [5.74, 6) is -0.507. The summed E-state index contributed by atoms with van der Waals surface area (Å²) in [5, 5.41) is 9.13. The van der Waals surface area contributed by atoms with Crippen LogP contribution < -0.4 is 9.47 Å². The molecule has 6 heteroatoms. The smallest absolute Gasteiger partial charge is 0.339 e. The Hall–Kier alpha value is -2.63. The molecule has 19 heavy (non-hydrogen) atoms. The van der Waals surface area contributed by atoms with Gasteiger partial charge in [-0.3, -0.25) is 0 Å². The van der Waals surface area contributed by atoms with Gasteiger partial charge in [0.1, 0.15) is 17.1 Å². The molecule has 0 aliphatic rings. The molecule has 0 spiro atoms. The van der Waals surface area contributed by atoms with Crippen molar-refractivity contribution in [2.45, 2.75) is 6.92 Å². The van der Waals surface area contributed by atoms with E-state index in [-0.39, 0.29) is 17.3 Å². The molecule has 0 aliphatic carbocycles. The van der Waals surface area contributed by atoms with Gasteiger partial charge in [0.25, 0.3) is 0 Å². The molecule has 0 atom stereocenters. The zero-order valence-electron chi connectivity index (χ0n) is 10.5. The van der Waals surface area contributed by atoms with Crippen LogP contribution in [0.1, 0.15) is 15.9 Å². The number of hydrogen-bond acceptors (Lipinski definition) is 5. The number of methoxy groups -OCH3 is 1. The van der Waals surface area contributed by atoms with Crippen molar-refractivity contribution in [1.82, 2.24) is 9.97 Å². The van der Waals surface area contributed by atoms with Gasteiger partial charge in [0.2, 0.25) is 0 Å². The molecule has 0 fully saturated rings. The zero-order chi connectivity index (χ0) is 13.8. The third kappa shape index (κ3) is 2.98. The van der Waals surface area contributed by atoms with E-state index < -0.39 is 5.97 Å². The first-order chi connectivity index (χ1) is 9.10. The zero-order valence-corrected chi connectivity index (χ0v) is 10.5. The van der Waals surface area contributed by atoms with Crippen molar-refractivity contribution in [3.05, 3.63) is 41.7 Å². The highest BCUT2D eigenvalue weighted by Crippen LogP contribution is 2.27. The van der Waals surface area contributed by atoms with Crippen LogP contribution in [0.2, 0.25) is 0 Å². The fraction of sp³-hybridized carbons (Fsp3) is 0.154. The minimum absolute atomic E-state index is 0.0106. The minimum atomic E-state index is -1.11. The number of ether oxygens (including phenoxy) is 2. The molecule has 2 rings (SSSR count). The van der Waals surface area contributed by atoms with E-state index in [1.165, 1.54) is 19.2 Å². The lowest BCUT2D eigenvalue weighted by Crippen LogP contribution is -2.02. The normalized spacial score (nSPS) is 10.0. The van der Waals surface area contributed by atoms with Crippen molar-refractivity contribution in [2.24, 2.45) is 0 Å². The standard InChI is InChI=1S/C13H12N2O4/c1-8-6-14-13(15-7-8)19-11-4-3-9(18-2)5-10(11)12(16)17/h3-7H,1-2H3,(H,16,17). The largest absolute Gasteiger partial charge is 0.497 e. The number of aryl methyl sites for hydroxylation is 1. The Morgan fingerprint density at radius 1 is 1.26 bits per heavy atom. The topological polar surface area (TPSA) is 81.5 Å². The third-order valence-corrected chi connectivity index (χ3v) is 2.38. The van der Waals surface area contributed by atoms with Crippen LogP contribution in [0.25, 0.3) is 0 Å². The van der Waals surface area contributed by atoms with Gasteiger partial charge in [-0.25, -0.2) is 14.8 Å². The first-order valence-corrected chi connectivity index (χ1v) is 5.48. The average molecular weight is 260 g/mol. The molecule has 0 amide bonds. The molecule has 0 aliphatic heterocycles. The highest BCUT2D eigenvalue weighted by Gasteiger charge is 2.14. The maximum absolute atomic E-state index is 11.2. The second-order valence-electron chi connectivity index (χ2n) is 3.81. The van der Waals surface area contributed by atoms with E-state index in [1.54, 1.807) is 18.5 Å². The molecule has 98 valence electrons. The van der Waals surface area contributed by atoms with Crippen molar-refractivity contribution in [3.63, 3.8) is 0 Å². The number of nitrogens with zero attached hydrogens (tertiary/aromatic N) is 2. The van der Waals surface area contributed by atoms with Crippen LogP contribution in [0.3, 0.4) is 0 Å². The van der Waals surface area contributed by atoms with Gasteiger partial charge in [0.15, 0.2) is 0 Å². The van der Waals surface area contributed by atoms with Crippen LogP contribution in [-0.4, -0.2) is 28.2 Å². The Balaban J connectivity index is 2.33. The number of aromatic nitrogens is 2. The van der Waals surface area contributed by atoms with Gasteiger partial charge in [0, 0.05) is 12.4 Å². The summed E-state index contributed by atoms with van der Waals surface area (Å²) >= 11 is 0. The molecule has 0 saturated carbocycles. The Kier molecular flexibility index (Phi) is 3.61. The summed E-state index contributed by atoms with van der Waals surface area (Å²) < 4.78 is 10.3. The fourth-order valence-corrected chi connectivity index (χ4v) is 1.42. The third-order valence-electron chi connectivity index (χ3n) is 2.38. The predicted octanol–water partition coefficient (Wildman–Crippen LogP) is 2.28.